The Morgan fingerprint density at radius 2 is 2.00 bits per heavy atom. The fourth-order valence-corrected chi connectivity index (χ4v) is 2.57. The summed E-state index contributed by atoms with van der Waals surface area (Å²) in [6.45, 7) is 1.62. The van der Waals surface area contributed by atoms with E-state index in [-0.39, 0.29) is 25.1 Å². The lowest BCUT2D eigenvalue weighted by molar-refractivity contribution is 0.0680. The second-order valence-corrected chi connectivity index (χ2v) is 5.53. The molecule has 0 aromatic heterocycles. The number of hydrogen-bond acceptors (Lipinski definition) is 5. The monoisotopic (exact) mass is 364 g/mol. The fourth-order valence-electron chi connectivity index (χ4n) is 2.57. The molecule has 0 unspecified atom stereocenters. The summed E-state index contributed by atoms with van der Waals surface area (Å²) in [4.78, 5) is 14.5. The van der Waals surface area contributed by atoms with Crippen molar-refractivity contribution in [1.82, 2.24) is 4.90 Å². The van der Waals surface area contributed by atoms with Gasteiger partial charge in [0, 0.05) is 31.5 Å². The molecule has 0 fully saturated rings. The molecule has 2 aromatic rings. The molecule has 0 saturated heterocycles. The van der Waals surface area contributed by atoms with Gasteiger partial charge in [-0.15, -0.1) is 12.4 Å². The van der Waals surface area contributed by atoms with Crippen LogP contribution in [-0.4, -0.2) is 37.9 Å². The standard InChI is InChI=1S/C18H20N2O4.ClH/c1-22-8-7-20(18(21)14-3-2-4-15(19)10-14)11-13-5-6-16-17(9-13)24-12-23-16;/h2-6,9-10H,7-8,11-12,19H2,1H3;1H. The van der Waals surface area contributed by atoms with Crippen molar-refractivity contribution >= 4 is 24.0 Å². The first-order valence-corrected chi connectivity index (χ1v) is 7.69. The largest absolute Gasteiger partial charge is 0.454 e. The summed E-state index contributed by atoms with van der Waals surface area (Å²) >= 11 is 0. The second-order valence-electron chi connectivity index (χ2n) is 5.53. The van der Waals surface area contributed by atoms with Crippen LogP contribution in [0.4, 0.5) is 5.69 Å². The van der Waals surface area contributed by atoms with Crippen molar-refractivity contribution in [3.63, 3.8) is 0 Å². The van der Waals surface area contributed by atoms with E-state index < -0.39 is 0 Å². The third-order valence-electron chi connectivity index (χ3n) is 3.80. The predicted molar refractivity (Wildman–Crippen MR) is 97.3 cm³/mol. The molecule has 2 N–H and O–H groups in total. The Labute approximate surface area is 152 Å². The maximum Gasteiger partial charge on any atom is 0.254 e. The van der Waals surface area contributed by atoms with Gasteiger partial charge < -0.3 is 24.8 Å². The van der Waals surface area contributed by atoms with Crippen molar-refractivity contribution < 1.29 is 19.0 Å². The predicted octanol–water partition coefficient (Wildman–Crippen LogP) is 2.71. The summed E-state index contributed by atoms with van der Waals surface area (Å²) in [6.07, 6.45) is 0. The Morgan fingerprint density at radius 3 is 2.76 bits per heavy atom. The second kappa shape index (κ2) is 8.60. The van der Waals surface area contributed by atoms with Gasteiger partial charge in [0.25, 0.3) is 5.91 Å². The van der Waals surface area contributed by atoms with Gasteiger partial charge in [0.1, 0.15) is 0 Å². The van der Waals surface area contributed by atoms with E-state index in [0.717, 1.165) is 11.3 Å². The Kier molecular flexibility index (Phi) is 6.50. The van der Waals surface area contributed by atoms with E-state index in [0.29, 0.717) is 36.7 Å². The molecule has 6 nitrogen and oxygen atoms in total. The molecule has 7 heteroatoms. The van der Waals surface area contributed by atoms with Crippen molar-refractivity contribution in [2.24, 2.45) is 0 Å². The number of methoxy groups -OCH3 is 1. The van der Waals surface area contributed by atoms with E-state index in [4.69, 9.17) is 19.9 Å². The summed E-state index contributed by atoms with van der Waals surface area (Å²) in [5, 5.41) is 0. The fraction of sp³-hybridized carbons (Fsp3) is 0.278. The summed E-state index contributed by atoms with van der Waals surface area (Å²) in [7, 11) is 1.61. The van der Waals surface area contributed by atoms with Crippen LogP contribution in [-0.2, 0) is 11.3 Å². The first-order chi connectivity index (χ1) is 11.7. The minimum absolute atomic E-state index is 0. The number of nitrogen functional groups attached to an aromatic ring is 1. The molecule has 0 aliphatic carbocycles. The van der Waals surface area contributed by atoms with Gasteiger partial charge in [0.2, 0.25) is 6.79 Å². The van der Waals surface area contributed by atoms with Crippen LogP contribution in [0, 0.1) is 0 Å². The van der Waals surface area contributed by atoms with Crippen molar-refractivity contribution in [1.29, 1.82) is 0 Å². The summed E-state index contributed by atoms with van der Waals surface area (Å²) in [5.41, 5.74) is 7.88. The Morgan fingerprint density at radius 1 is 1.20 bits per heavy atom. The van der Waals surface area contributed by atoms with Crippen LogP contribution in [0.15, 0.2) is 42.5 Å². The molecule has 1 aliphatic rings. The topological polar surface area (TPSA) is 74.0 Å². The molecule has 1 aliphatic heterocycles. The number of nitrogens with zero attached hydrogens (tertiary/aromatic N) is 1. The van der Waals surface area contributed by atoms with Gasteiger partial charge >= 0.3 is 0 Å². The lowest BCUT2D eigenvalue weighted by Crippen LogP contribution is -2.33. The maximum atomic E-state index is 12.8. The van der Waals surface area contributed by atoms with E-state index in [1.807, 2.05) is 18.2 Å². The number of rotatable bonds is 6. The first-order valence-electron chi connectivity index (χ1n) is 7.69. The number of amides is 1. The molecule has 0 spiro atoms. The molecule has 0 radical (unpaired) electrons. The lowest BCUT2D eigenvalue weighted by atomic mass is 10.1. The minimum Gasteiger partial charge on any atom is -0.454 e. The van der Waals surface area contributed by atoms with E-state index in [1.54, 1.807) is 36.3 Å². The van der Waals surface area contributed by atoms with Gasteiger partial charge in [0.05, 0.1) is 6.61 Å². The average molecular weight is 365 g/mol. The molecule has 25 heavy (non-hydrogen) atoms. The van der Waals surface area contributed by atoms with Crippen LogP contribution < -0.4 is 15.2 Å². The number of halogens is 1. The Hall–Kier alpha value is -2.44. The van der Waals surface area contributed by atoms with Gasteiger partial charge in [-0.3, -0.25) is 4.79 Å². The van der Waals surface area contributed by atoms with E-state index in [9.17, 15) is 4.79 Å². The number of hydrogen-bond donors (Lipinski definition) is 1. The molecule has 3 rings (SSSR count). The van der Waals surface area contributed by atoms with Crippen LogP contribution in [0.5, 0.6) is 11.5 Å². The molecule has 134 valence electrons. The molecule has 0 saturated carbocycles. The number of carbonyl (C=O) groups excluding carboxylic acids is 1. The SMILES string of the molecule is COCCN(Cc1ccc2c(c1)OCO2)C(=O)c1cccc(N)c1.Cl. The number of fused-ring (bicyclic) bond motifs is 1. The van der Waals surface area contributed by atoms with Crippen molar-refractivity contribution in [2.75, 3.05) is 32.8 Å². The number of carbonyl (C=O) groups is 1. The zero-order chi connectivity index (χ0) is 16.9. The zero-order valence-electron chi connectivity index (χ0n) is 13.9. The zero-order valence-corrected chi connectivity index (χ0v) is 14.8. The highest BCUT2D eigenvalue weighted by molar-refractivity contribution is 5.95. The number of nitrogens with two attached hydrogens (primary N) is 1. The first kappa shape index (κ1) is 18.9. The summed E-state index contributed by atoms with van der Waals surface area (Å²) < 4.78 is 15.8. The van der Waals surface area contributed by atoms with Gasteiger partial charge in [-0.05, 0) is 35.9 Å². The highest BCUT2D eigenvalue weighted by atomic mass is 35.5. The smallest absolute Gasteiger partial charge is 0.254 e. The van der Waals surface area contributed by atoms with E-state index >= 15 is 0 Å². The molecule has 1 amide bonds. The van der Waals surface area contributed by atoms with Gasteiger partial charge in [-0.25, -0.2) is 0 Å². The molecular formula is C18H21ClN2O4. The average Bonchev–Trinajstić information content (AvgIpc) is 3.05. The van der Waals surface area contributed by atoms with Crippen molar-refractivity contribution in [3.8, 4) is 11.5 Å². The summed E-state index contributed by atoms with van der Waals surface area (Å²) in [5.74, 6) is 1.34. The molecule has 1 heterocycles. The van der Waals surface area contributed by atoms with Gasteiger partial charge in [0.15, 0.2) is 11.5 Å². The van der Waals surface area contributed by atoms with Crippen molar-refractivity contribution in [3.05, 3.63) is 53.6 Å². The Balaban J connectivity index is 0.00000225. The molecule has 2 aromatic carbocycles. The molecular weight excluding hydrogens is 344 g/mol. The van der Waals surface area contributed by atoms with E-state index in [2.05, 4.69) is 0 Å². The van der Waals surface area contributed by atoms with Gasteiger partial charge in [-0.1, -0.05) is 12.1 Å². The third-order valence-corrected chi connectivity index (χ3v) is 3.80. The third kappa shape index (κ3) is 4.55. The quantitative estimate of drug-likeness (QED) is 0.798. The highest BCUT2D eigenvalue weighted by Gasteiger charge is 2.19. The minimum atomic E-state index is -0.0861. The van der Waals surface area contributed by atoms with Crippen LogP contribution in [0.25, 0.3) is 0 Å². The van der Waals surface area contributed by atoms with Crippen LogP contribution in [0.3, 0.4) is 0 Å². The van der Waals surface area contributed by atoms with E-state index in [1.165, 1.54) is 0 Å². The summed E-state index contributed by atoms with van der Waals surface area (Å²) in [6, 6.07) is 12.7. The number of ether oxygens (including phenoxy) is 3. The van der Waals surface area contributed by atoms with Crippen molar-refractivity contribution in [2.45, 2.75) is 6.54 Å². The maximum absolute atomic E-state index is 12.8. The molecule has 0 atom stereocenters. The van der Waals surface area contributed by atoms with Crippen LogP contribution >= 0.6 is 12.4 Å². The van der Waals surface area contributed by atoms with Gasteiger partial charge in [-0.2, -0.15) is 0 Å². The number of benzene rings is 2. The highest BCUT2D eigenvalue weighted by Crippen LogP contribution is 2.32. The van der Waals surface area contributed by atoms with Crippen LogP contribution in [0.2, 0.25) is 0 Å². The normalized spacial score (nSPS) is 11.7. The van der Waals surface area contributed by atoms with Crippen LogP contribution in [0.1, 0.15) is 15.9 Å². The lowest BCUT2D eigenvalue weighted by Gasteiger charge is -2.23. The number of anilines is 1. The molecule has 0 bridgehead atoms. The Bertz CT molecular complexity index is 739.